The minimum Gasteiger partial charge on any atom is -0.303 e. The van der Waals surface area contributed by atoms with Gasteiger partial charge in [0.05, 0.1) is 0 Å². The highest BCUT2D eigenvalue weighted by molar-refractivity contribution is 6.30. The summed E-state index contributed by atoms with van der Waals surface area (Å²) in [6.07, 6.45) is 3.65. The van der Waals surface area contributed by atoms with E-state index in [0.717, 1.165) is 5.02 Å². The lowest BCUT2D eigenvalue weighted by Gasteiger charge is -2.31. The van der Waals surface area contributed by atoms with E-state index in [4.69, 9.17) is 11.6 Å². The Hall–Kier alpha value is -1.31. The average molecular weight is 272 g/mol. The number of nitrogens with one attached hydrogen (secondary N) is 1. The molecular weight excluding hydrogens is 254 g/mol. The Morgan fingerprint density at radius 2 is 1.53 bits per heavy atom. The molecule has 19 heavy (non-hydrogen) atoms. The first kappa shape index (κ1) is 12.7. The quantitative estimate of drug-likeness (QED) is 0.819. The lowest BCUT2D eigenvalue weighted by atomic mass is 9.90. The van der Waals surface area contributed by atoms with Gasteiger partial charge in [-0.15, -0.1) is 0 Å². The molecule has 1 aliphatic heterocycles. The first-order chi connectivity index (χ1) is 9.33. The molecule has 0 unspecified atom stereocenters. The van der Waals surface area contributed by atoms with Gasteiger partial charge in [0.1, 0.15) is 0 Å². The summed E-state index contributed by atoms with van der Waals surface area (Å²) in [7, 11) is 0. The van der Waals surface area contributed by atoms with Crippen molar-refractivity contribution in [1.82, 2.24) is 5.32 Å². The van der Waals surface area contributed by atoms with E-state index in [1.54, 1.807) is 0 Å². The SMILES string of the molecule is Clc1cccc([C@H]2CCC[C@@H](c3ccccc3)N2)c1. The van der Waals surface area contributed by atoms with Gasteiger partial charge in [-0.1, -0.05) is 54.1 Å². The molecular formula is C17H18ClN. The molecule has 0 aromatic heterocycles. The highest BCUT2D eigenvalue weighted by Crippen LogP contribution is 2.33. The molecule has 1 heterocycles. The van der Waals surface area contributed by atoms with Crippen molar-refractivity contribution in [1.29, 1.82) is 0 Å². The number of hydrogen-bond acceptors (Lipinski definition) is 1. The normalized spacial score (nSPS) is 23.2. The second-order valence-electron chi connectivity index (χ2n) is 5.17. The van der Waals surface area contributed by atoms with Crippen molar-refractivity contribution in [2.75, 3.05) is 0 Å². The maximum Gasteiger partial charge on any atom is 0.0409 e. The third kappa shape index (κ3) is 2.99. The number of piperidine rings is 1. The van der Waals surface area contributed by atoms with E-state index in [1.807, 2.05) is 12.1 Å². The van der Waals surface area contributed by atoms with Crippen molar-refractivity contribution in [2.45, 2.75) is 31.3 Å². The van der Waals surface area contributed by atoms with Crippen LogP contribution in [-0.4, -0.2) is 0 Å². The highest BCUT2D eigenvalue weighted by atomic mass is 35.5. The predicted molar refractivity (Wildman–Crippen MR) is 80.4 cm³/mol. The van der Waals surface area contributed by atoms with Crippen LogP contribution in [0.15, 0.2) is 54.6 Å². The lowest BCUT2D eigenvalue weighted by molar-refractivity contribution is 0.330. The molecule has 1 saturated heterocycles. The Kier molecular flexibility index (Phi) is 3.86. The van der Waals surface area contributed by atoms with Gasteiger partial charge >= 0.3 is 0 Å². The standard InChI is InChI=1S/C17H18ClN/c18-15-9-4-8-14(12-15)17-11-5-10-16(19-17)13-6-2-1-3-7-13/h1-4,6-9,12,16-17,19H,5,10-11H2/t16-,17+/m0/s1. The van der Waals surface area contributed by atoms with E-state index in [2.05, 4.69) is 47.8 Å². The van der Waals surface area contributed by atoms with Gasteiger partial charge in [-0.05, 0) is 42.5 Å². The van der Waals surface area contributed by atoms with Crippen LogP contribution in [0.3, 0.4) is 0 Å². The Morgan fingerprint density at radius 1 is 0.842 bits per heavy atom. The number of benzene rings is 2. The van der Waals surface area contributed by atoms with E-state index in [1.165, 1.54) is 30.4 Å². The molecule has 3 rings (SSSR count). The molecule has 0 aliphatic carbocycles. The topological polar surface area (TPSA) is 12.0 Å². The van der Waals surface area contributed by atoms with Gasteiger partial charge in [-0.25, -0.2) is 0 Å². The van der Waals surface area contributed by atoms with Gasteiger partial charge in [0.25, 0.3) is 0 Å². The molecule has 0 amide bonds. The van der Waals surface area contributed by atoms with Gasteiger partial charge in [-0.3, -0.25) is 0 Å². The molecule has 1 N–H and O–H groups in total. The third-order valence-corrected chi connectivity index (χ3v) is 4.08. The van der Waals surface area contributed by atoms with Crippen LogP contribution in [0, 0.1) is 0 Å². The fourth-order valence-corrected chi connectivity index (χ4v) is 3.07. The van der Waals surface area contributed by atoms with Crippen molar-refractivity contribution in [2.24, 2.45) is 0 Å². The van der Waals surface area contributed by atoms with Crippen LogP contribution in [0.2, 0.25) is 5.02 Å². The number of halogens is 1. The molecule has 98 valence electrons. The molecule has 0 saturated carbocycles. The second kappa shape index (κ2) is 5.77. The van der Waals surface area contributed by atoms with Crippen molar-refractivity contribution in [3.8, 4) is 0 Å². The van der Waals surface area contributed by atoms with Crippen molar-refractivity contribution in [3.63, 3.8) is 0 Å². The Bertz CT molecular complexity index is 538. The Balaban J connectivity index is 1.78. The van der Waals surface area contributed by atoms with Crippen LogP contribution in [0.4, 0.5) is 0 Å². The van der Waals surface area contributed by atoms with Crippen LogP contribution in [-0.2, 0) is 0 Å². The fourth-order valence-electron chi connectivity index (χ4n) is 2.87. The highest BCUT2D eigenvalue weighted by Gasteiger charge is 2.23. The monoisotopic (exact) mass is 271 g/mol. The molecule has 0 radical (unpaired) electrons. The lowest BCUT2D eigenvalue weighted by Crippen LogP contribution is -2.30. The van der Waals surface area contributed by atoms with Crippen LogP contribution in [0.1, 0.15) is 42.5 Å². The number of rotatable bonds is 2. The maximum absolute atomic E-state index is 6.09. The van der Waals surface area contributed by atoms with Gasteiger partial charge in [0.2, 0.25) is 0 Å². The molecule has 0 spiro atoms. The van der Waals surface area contributed by atoms with Gasteiger partial charge in [-0.2, -0.15) is 0 Å². The summed E-state index contributed by atoms with van der Waals surface area (Å²) in [6, 6.07) is 19.8. The summed E-state index contributed by atoms with van der Waals surface area (Å²) in [4.78, 5) is 0. The maximum atomic E-state index is 6.09. The van der Waals surface area contributed by atoms with E-state index >= 15 is 0 Å². The fraction of sp³-hybridized carbons (Fsp3) is 0.294. The summed E-state index contributed by atoms with van der Waals surface area (Å²) in [5, 5.41) is 4.58. The number of hydrogen-bond donors (Lipinski definition) is 1. The van der Waals surface area contributed by atoms with E-state index in [-0.39, 0.29) is 0 Å². The summed E-state index contributed by atoms with van der Waals surface area (Å²) >= 11 is 6.09. The van der Waals surface area contributed by atoms with E-state index < -0.39 is 0 Å². The molecule has 1 nitrogen and oxygen atoms in total. The molecule has 2 aromatic carbocycles. The van der Waals surface area contributed by atoms with Crippen LogP contribution >= 0.6 is 11.6 Å². The minimum absolute atomic E-state index is 0.414. The minimum atomic E-state index is 0.414. The molecule has 1 aliphatic rings. The van der Waals surface area contributed by atoms with Crippen LogP contribution < -0.4 is 5.32 Å². The second-order valence-corrected chi connectivity index (χ2v) is 5.60. The van der Waals surface area contributed by atoms with Crippen molar-refractivity contribution < 1.29 is 0 Å². The molecule has 1 fully saturated rings. The van der Waals surface area contributed by atoms with E-state index in [9.17, 15) is 0 Å². The molecule has 2 heteroatoms. The Labute approximate surface area is 119 Å². The zero-order chi connectivity index (χ0) is 13.1. The predicted octanol–water partition coefficient (Wildman–Crippen LogP) is 4.90. The van der Waals surface area contributed by atoms with Crippen molar-refractivity contribution >= 4 is 11.6 Å². The first-order valence-electron chi connectivity index (χ1n) is 6.89. The summed E-state index contributed by atoms with van der Waals surface area (Å²) in [5.41, 5.74) is 2.68. The largest absolute Gasteiger partial charge is 0.303 e. The zero-order valence-electron chi connectivity index (χ0n) is 10.9. The summed E-state index contributed by atoms with van der Waals surface area (Å²) < 4.78 is 0. The molecule has 2 aromatic rings. The average Bonchev–Trinajstić information content (AvgIpc) is 2.48. The van der Waals surface area contributed by atoms with Gasteiger partial charge in [0, 0.05) is 17.1 Å². The third-order valence-electron chi connectivity index (χ3n) is 3.84. The van der Waals surface area contributed by atoms with Crippen LogP contribution in [0.25, 0.3) is 0 Å². The van der Waals surface area contributed by atoms with Crippen LogP contribution in [0.5, 0.6) is 0 Å². The smallest absolute Gasteiger partial charge is 0.0409 e. The van der Waals surface area contributed by atoms with Crippen molar-refractivity contribution in [3.05, 3.63) is 70.7 Å². The summed E-state index contributed by atoms with van der Waals surface area (Å²) in [5.74, 6) is 0. The van der Waals surface area contributed by atoms with Gasteiger partial charge < -0.3 is 5.32 Å². The molecule has 2 atom stereocenters. The molecule has 0 bridgehead atoms. The summed E-state index contributed by atoms with van der Waals surface area (Å²) in [6.45, 7) is 0. The van der Waals surface area contributed by atoms with E-state index in [0.29, 0.717) is 12.1 Å². The zero-order valence-corrected chi connectivity index (χ0v) is 11.6. The van der Waals surface area contributed by atoms with Gasteiger partial charge in [0.15, 0.2) is 0 Å². The Morgan fingerprint density at radius 3 is 2.26 bits per heavy atom. The first-order valence-corrected chi connectivity index (χ1v) is 7.27.